The number of quaternary nitrogens is 1. The van der Waals surface area contributed by atoms with Crippen LogP contribution < -0.4 is 11.2 Å². The maximum absolute atomic E-state index is 5.87. The lowest BCUT2D eigenvalue weighted by atomic mass is 9.87. The summed E-state index contributed by atoms with van der Waals surface area (Å²) in [7, 11) is 14.0. The first kappa shape index (κ1) is 15.3. The van der Waals surface area contributed by atoms with Gasteiger partial charge in [0, 0.05) is 19.8 Å². The van der Waals surface area contributed by atoms with Crippen molar-refractivity contribution in [2.24, 2.45) is 5.84 Å². The van der Waals surface area contributed by atoms with E-state index in [0.29, 0.717) is 0 Å². The van der Waals surface area contributed by atoms with Crippen LogP contribution >= 0.6 is 0 Å². The van der Waals surface area contributed by atoms with Gasteiger partial charge in [0.05, 0.1) is 34.7 Å². The third kappa shape index (κ3) is 8.62. The van der Waals surface area contributed by atoms with Gasteiger partial charge in [0.2, 0.25) is 0 Å². The monoisotopic (exact) mass is 225 g/mol. The Morgan fingerprint density at radius 2 is 2.06 bits per heavy atom. The van der Waals surface area contributed by atoms with E-state index in [-0.39, 0.29) is 5.82 Å². The summed E-state index contributed by atoms with van der Waals surface area (Å²) in [5, 5.41) is 4.87. The number of hydrogen-bond donors (Lipinski definition) is 2. The van der Waals surface area contributed by atoms with Crippen LogP contribution in [0.1, 0.15) is 13.3 Å². The van der Waals surface area contributed by atoms with E-state index < -0.39 is 0 Å². The standard InChI is InChI=1S/C11H26BN4/c1-10(12)6-7-15(13)8-11(14-2)9-16(3,4)5/h8,10,14H,6-7,9,13H2,1-5H3/q+1/b11-8-. The predicted octanol–water partition coefficient (Wildman–Crippen LogP) is 0.296. The largest absolute Gasteiger partial charge is 0.386 e. The molecule has 2 radical (unpaired) electrons. The minimum atomic E-state index is 0.191. The van der Waals surface area contributed by atoms with Gasteiger partial charge in [-0.05, 0) is 6.42 Å². The molecule has 0 aromatic rings. The fourth-order valence-electron chi connectivity index (χ4n) is 1.31. The SMILES string of the molecule is [B]C(C)CCN(N)/C=C(/C[N+](C)(C)C)NC. The van der Waals surface area contributed by atoms with Gasteiger partial charge in [-0.1, -0.05) is 12.7 Å². The molecule has 0 saturated heterocycles. The molecule has 0 aliphatic rings. The molecule has 16 heavy (non-hydrogen) atoms. The second kappa shape index (κ2) is 6.81. The number of nitrogens with zero attached hydrogens (tertiary/aromatic N) is 2. The maximum Gasteiger partial charge on any atom is 0.120 e. The number of likely N-dealkylation sites (N-methyl/N-ethyl adjacent to an activating group) is 2. The maximum atomic E-state index is 5.87. The molecule has 0 rings (SSSR count). The molecule has 0 heterocycles. The molecule has 0 fully saturated rings. The molecule has 4 nitrogen and oxygen atoms in total. The Labute approximate surface area is 101 Å². The Morgan fingerprint density at radius 3 is 2.44 bits per heavy atom. The zero-order chi connectivity index (χ0) is 12.8. The normalized spacial score (nSPS) is 14.8. The van der Waals surface area contributed by atoms with Gasteiger partial charge in [0.15, 0.2) is 0 Å². The lowest BCUT2D eigenvalue weighted by molar-refractivity contribution is -0.865. The highest BCUT2D eigenvalue weighted by atomic mass is 15.4. The predicted molar refractivity (Wildman–Crippen MR) is 70.7 cm³/mol. The van der Waals surface area contributed by atoms with E-state index in [0.717, 1.165) is 29.7 Å². The summed E-state index contributed by atoms with van der Waals surface area (Å²) in [5.41, 5.74) is 1.12. The molecule has 0 aromatic carbocycles. The first-order valence-electron chi connectivity index (χ1n) is 5.70. The van der Waals surface area contributed by atoms with Crippen molar-refractivity contribution in [2.75, 3.05) is 41.3 Å². The molecule has 5 heteroatoms. The third-order valence-corrected chi connectivity index (χ3v) is 2.13. The molecular weight excluding hydrogens is 199 g/mol. The average molecular weight is 225 g/mol. The highest BCUT2D eigenvalue weighted by molar-refractivity contribution is 6.11. The lowest BCUT2D eigenvalue weighted by Gasteiger charge is -2.26. The number of hydrogen-bond acceptors (Lipinski definition) is 3. The molecule has 0 saturated carbocycles. The van der Waals surface area contributed by atoms with Gasteiger partial charge >= 0.3 is 0 Å². The molecule has 1 atom stereocenters. The zero-order valence-electron chi connectivity index (χ0n) is 11.3. The summed E-state index contributed by atoms with van der Waals surface area (Å²) < 4.78 is 0.869. The zero-order valence-corrected chi connectivity index (χ0v) is 11.3. The van der Waals surface area contributed by atoms with E-state index in [1.54, 1.807) is 5.01 Å². The summed E-state index contributed by atoms with van der Waals surface area (Å²) in [6, 6.07) is 0. The highest BCUT2D eigenvalue weighted by Gasteiger charge is 2.10. The second-order valence-electron chi connectivity index (χ2n) is 5.36. The molecule has 0 bridgehead atoms. The van der Waals surface area contributed by atoms with Crippen molar-refractivity contribution < 1.29 is 4.48 Å². The Balaban J connectivity index is 4.23. The molecule has 0 amide bonds. The van der Waals surface area contributed by atoms with E-state index in [1.807, 2.05) is 20.2 Å². The number of nitrogens with two attached hydrogens (primary N) is 1. The average Bonchev–Trinajstić information content (AvgIpc) is 2.11. The van der Waals surface area contributed by atoms with Crippen LogP contribution in [0.3, 0.4) is 0 Å². The van der Waals surface area contributed by atoms with E-state index in [9.17, 15) is 0 Å². The molecule has 1 unspecified atom stereocenters. The molecule has 0 aliphatic heterocycles. The molecule has 0 spiro atoms. The topological polar surface area (TPSA) is 41.3 Å². The Bertz CT molecular complexity index is 221. The summed E-state index contributed by atoms with van der Waals surface area (Å²) >= 11 is 0. The van der Waals surface area contributed by atoms with Crippen LogP contribution in [0, 0.1) is 0 Å². The summed E-state index contributed by atoms with van der Waals surface area (Å²) in [6.45, 7) is 3.69. The van der Waals surface area contributed by atoms with Gasteiger partial charge in [0.25, 0.3) is 0 Å². The smallest absolute Gasteiger partial charge is 0.120 e. The van der Waals surface area contributed by atoms with Crippen molar-refractivity contribution in [1.82, 2.24) is 10.3 Å². The van der Waals surface area contributed by atoms with Crippen molar-refractivity contribution in [3.8, 4) is 0 Å². The van der Waals surface area contributed by atoms with Crippen LogP contribution in [0.5, 0.6) is 0 Å². The van der Waals surface area contributed by atoms with Crippen LogP contribution in [0.4, 0.5) is 0 Å². The van der Waals surface area contributed by atoms with Crippen LogP contribution in [0.2, 0.25) is 5.82 Å². The van der Waals surface area contributed by atoms with Crippen LogP contribution in [-0.2, 0) is 0 Å². The molecule has 0 aromatic heterocycles. The van der Waals surface area contributed by atoms with Crippen molar-refractivity contribution in [3.05, 3.63) is 11.9 Å². The van der Waals surface area contributed by atoms with E-state index in [4.69, 9.17) is 13.7 Å². The number of rotatable bonds is 7. The molecular formula is C11H26BN4+. The second-order valence-corrected chi connectivity index (χ2v) is 5.36. The molecule has 3 N–H and O–H groups in total. The van der Waals surface area contributed by atoms with Gasteiger partial charge in [-0.25, -0.2) is 5.84 Å². The summed E-state index contributed by atoms with van der Waals surface area (Å²) in [5.74, 6) is 6.06. The lowest BCUT2D eigenvalue weighted by Crippen LogP contribution is -2.40. The van der Waals surface area contributed by atoms with Crippen molar-refractivity contribution in [3.63, 3.8) is 0 Å². The van der Waals surface area contributed by atoms with Crippen molar-refractivity contribution in [2.45, 2.75) is 19.2 Å². The minimum Gasteiger partial charge on any atom is -0.386 e. The van der Waals surface area contributed by atoms with Gasteiger partial charge in [-0.3, -0.25) is 0 Å². The van der Waals surface area contributed by atoms with Crippen molar-refractivity contribution in [1.29, 1.82) is 0 Å². The van der Waals surface area contributed by atoms with E-state index >= 15 is 0 Å². The Hall–Kier alpha value is -0.675. The molecule has 0 aliphatic carbocycles. The van der Waals surface area contributed by atoms with Gasteiger partial charge in [0.1, 0.15) is 6.54 Å². The first-order chi connectivity index (χ1) is 7.24. The van der Waals surface area contributed by atoms with Crippen LogP contribution in [0.25, 0.3) is 0 Å². The fourth-order valence-corrected chi connectivity index (χ4v) is 1.31. The van der Waals surface area contributed by atoms with Gasteiger partial charge in [-0.2, -0.15) is 0 Å². The van der Waals surface area contributed by atoms with E-state index in [2.05, 4.69) is 26.5 Å². The quantitative estimate of drug-likeness (QED) is 0.283. The van der Waals surface area contributed by atoms with Crippen LogP contribution in [0.15, 0.2) is 11.9 Å². The number of nitrogens with one attached hydrogen (secondary N) is 1. The third-order valence-electron chi connectivity index (χ3n) is 2.13. The Kier molecular flexibility index (Phi) is 6.52. The van der Waals surface area contributed by atoms with Gasteiger partial charge in [-0.15, -0.1) is 0 Å². The van der Waals surface area contributed by atoms with Gasteiger partial charge < -0.3 is 14.8 Å². The van der Waals surface area contributed by atoms with Crippen molar-refractivity contribution >= 4 is 7.85 Å². The van der Waals surface area contributed by atoms with E-state index in [1.165, 1.54) is 0 Å². The Morgan fingerprint density at radius 1 is 1.50 bits per heavy atom. The highest BCUT2D eigenvalue weighted by Crippen LogP contribution is 2.04. The fraction of sp³-hybridized carbons (Fsp3) is 0.818. The summed E-state index contributed by atoms with van der Waals surface area (Å²) in [6.07, 6.45) is 2.85. The minimum absolute atomic E-state index is 0.191. The number of hydrazine groups is 1. The first-order valence-corrected chi connectivity index (χ1v) is 5.70. The van der Waals surface area contributed by atoms with Crippen LogP contribution in [-0.4, -0.2) is 58.6 Å². The summed E-state index contributed by atoms with van der Waals surface area (Å²) in [4.78, 5) is 0. The molecule has 92 valence electrons.